The van der Waals surface area contributed by atoms with Gasteiger partial charge in [-0.3, -0.25) is 0 Å². The predicted molar refractivity (Wildman–Crippen MR) is 58.0 cm³/mol. The monoisotopic (exact) mass is 218 g/mol. The molecule has 0 amide bonds. The van der Waals surface area contributed by atoms with Gasteiger partial charge < -0.3 is 9.47 Å². The van der Waals surface area contributed by atoms with Crippen molar-refractivity contribution >= 4 is 5.97 Å². The Kier molecular flexibility index (Phi) is 2.04. The number of epoxide rings is 1. The van der Waals surface area contributed by atoms with Crippen molar-refractivity contribution in [2.24, 2.45) is 0 Å². The van der Waals surface area contributed by atoms with Crippen molar-refractivity contribution in [3.63, 3.8) is 0 Å². The van der Waals surface area contributed by atoms with Crippen molar-refractivity contribution in [3.8, 4) is 0 Å². The highest BCUT2D eigenvalue weighted by Gasteiger charge is 2.66. The third kappa shape index (κ3) is 1.21. The fraction of sp³-hybridized carbons (Fsp3) is 0.462. The highest BCUT2D eigenvalue weighted by Crippen LogP contribution is 2.57. The van der Waals surface area contributed by atoms with Gasteiger partial charge in [-0.05, 0) is 30.9 Å². The highest BCUT2D eigenvalue weighted by atomic mass is 16.7. The first-order valence-electron chi connectivity index (χ1n) is 5.71. The van der Waals surface area contributed by atoms with Crippen LogP contribution in [0.4, 0.5) is 0 Å². The summed E-state index contributed by atoms with van der Waals surface area (Å²) in [7, 11) is 0. The van der Waals surface area contributed by atoms with Crippen molar-refractivity contribution in [1.82, 2.24) is 0 Å². The maximum Gasteiger partial charge on any atom is 0.341 e. The molecule has 0 radical (unpaired) electrons. The summed E-state index contributed by atoms with van der Waals surface area (Å²) >= 11 is 0. The van der Waals surface area contributed by atoms with E-state index in [-0.39, 0.29) is 12.1 Å². The van der Waals surface area contributed by atoms with Gasteiger partial charge in [0.1, 0.15) is 6.10 Å². The van der Waals surface area contributed by atoms with Crippen LogP contribution in [0.2, 0.25) is 0 Å². The van der Waals surface area contributed by atoms with Gasteiger partial charge in [-0.25, -0.2) is 4.79 Å². The van der Waals surface area contributed by atoms with Crippen molar-refractivity contribution < 1.29 is 14.3 Å². The summed E-state index contributed by atoms with van der Waals surface area (Å²) in [5.74, 6) is -0.200. The SMILES string of the molecule is CCOC(=O)[C@]12CCc3ccccc3[C@@H]1O2. The Labute approximate surface area is 94.4 Å². The molecule has 0 saturated carbocycles. The van der Waals surface area contributed by atoms with Crippen molar-refractivity contribution in [2.45, 2.75) is 31.5 Å². The van der Waals surface area contributed by atoms with Crippen LogP contribution in [0.3, 0.4) is 0 Å². The lowest BCUT2D eigenvalue weighted by atomic mass is 9.84. The summed E-state index contributed by atoms with van der Waals surface area (Å²) in [5, 5.41) is 0. The molecule has 3 rings (SSSR count). The molecule has 2 aliphatic rings. The van der Waals surface area contributed by atoms with Crippen LogP contribution < -0.4 is 0 Å². The molecule has 1 fully saturated rings. The zero-order valence-electron chi connectivity index (χ0n) is 9.23. The van der Waals surface area contributed by atoms with Gasteiger partial charge in [0.15, 0.2) is 5.60 Å². The van der Waals surface area contributed by atoms with Gasteiger partial charge in [0, 0.05) is 0 Å². The van der Waals surface area contributed by atoms with E-state index in [1.807, 2.05) is 25.1 Å². The van der Waals surface area contributed by atoms with E-state index < -0.39 is 5.60 Å². The first kappa shape index (κ1) is 9.85. The van der Waals surface area contributed by atoms with Crippen LogP contribution in [0.25, 0.3) is 0 Å². The van der Waals surface area contributed by atoms with E-state index in [1.54, 1.807) is 0 Å². The number of rotatable bonds is 2. The first-order valence-corrected chi connectivity index (χ1v) is 5.71. The van der Waals surface area contributed by atoms with Gasteiger partial charge >= 0.3 is 5.97 Å². The second-order valence-corrected chi connectivity index (χ2v) is 4.31. The number of hydrogen-bond acceptors (Lipinski definition) is 3. The van der Waals surface area contributed by atoms with Crippen LogP contribution in [-0.4, -0.2) is 18.2 Å². The molecule has 1 aromatic rings. The lowest BCUT2D eigenvalue weighted by molar-refractivity contribution is -0.149. The maximum atomic E-state index is 11.8. The summed E-state index contributed by atoms with van der Waals surface area (Å²) in [5.41, 5.74) is 1.79. The third-order valence-electron chi connectivity index (χ3n) is 3.42. The quantitative estimate of drug-likeness (QED) is 0.563. The number of hydrogen-bond donors (Lipinski definition) is 0. The Hall–Kier alpha value is -1.35. The summed E-state index contributed by atoms with van der Waals surface area (Å²) in [6.45, 7) is 2.24. The molecule has 16 heavy (non-hydrogen) atoms. The molecule has 0 aromatic heterocycles. The van der Waals surface area contributed by atoms with E-state index in [1.165, 1.54) is 5.56 Å². The number of carbonyl (C=O) groups excluding carboxylic acids is 1. The van der Waals surface area contributed by atoms with Crippen molar-refractivity contribution in [1.29, 1.82) is 0 Å². The molecule has 3 heteroatoms. The van der Waals surface area contributed by atoms with Crippen LogP contribution in [-0.2, 0) is 20.7 Å². The zero-order valence-corrected chi connectivity index (χ0v) is 9.23. The van der Waals surface area contributed by atoms with Crippen molar-refractivity contribution in [3.05, 3.63) is 35.4 Å². The van der Waals surface area contributed by atoms with E-state index in [4.69, 9.17) is 9.47 Å². The number of aryl methyl sites for hydroxylation is 1. The molecular formula is C13H14O3. The van der Waals surface area contributed by atoms with Gasteiger partial charge in [0.2, 0.25) is 0 Å². The molecular weight excluding hydrogens is 204 g/mol. The van der Waals surface area contributed by atoms with Crippen LogP contribution in [0.15, 0.2) is 24.3 Å². The Morgan fingerprint density at radius 2 is 2.38 bits per heavy atom. The smallest absolute Gasteiger partial charge is 0.341 e. The van der Waals surface area contributed by atoms with E-state index in [2.05, 4.69) is 6.07 Å². The van der Waals surface area contributed by atoms with Gasteiger partial charge in [0.05, 0.1) is 6.61 Å². The number of esters is 1. The van der Waals surface area contributed by atoms with Gasteiger partial charge in [-0.1, -0.05) is 24.3 Å². The molecule has 1 saturated heterocycles. The Bertz CT molecular complexity index is 441. The van der Waals surface area contributed by atoms with Crippen LogP contribution in [0.5, 0.6) is 0 Å². The van der Waals surface area contributed by atoms with Crippen LogP contribution in [0.1, 0.15) is 30.6 Å². The molecule has 0 unspecified atom stereocenters. The topological polar surface area (TPSA) is 38.8 Å². The highest BCUT2D eigenvalue weighted by molar-refractivity contribution is 5.84. The molecule has 1 aliphatic heterocycles. The van der Waals surface area contributed by atoms with Crippen LogP contribution >= 0.6 is 0 Å². The maximum absolute atomic E-state index is 11.8. The molecule has 1 aromatic carbocycles. The Balaban J connectivity index is 1.90. The van der Waals surface area contributed by atoms with E-state index in [9.17, 15) is 4.79 Å². The second kappa shape index (κ2) is 3.32. The van der Waals surface area contributed by atoms with Crippen molar-refractivity contribution in [2.75, 3.05) is 6.61 Å². The van der Waals surface area contributed by atoms with Gasteiger partial charge in [-0.2, -0.15) is 0 Å². The number of ether oxygens (including phenoxy) is 2. The first-order chi connectivity index (χ1) is 7.78. The average Bonchev–Trinajstić information content (AvgIpc) is 3.06. The van der Waals surface area contributed by atoms with E-state index in [0.29, 0.717) is 6.61 Å². The standard InChI is InChI=1S/C13H14O3/c1-2-15-12(14)13-8-7-9-5-3-4-6-10(9)11(13)16-13/h3-6,11H,2,7-8H2,1H3/t11-,13-/m0/s1. The fourth-order valence-electron chi connectivity index (χ4n) is 2.53. The minimum Gasteiger partial charge on any atom is -0.464 e. The summed E-state index contributed by atoms with van der Waals surface area (Å²) in [4.78, 5) is 11.8. The minimum atomic E-state index is -0.662. The Morgan fingerprint density at radius 3 is 3.19 bits per heavy atom. The van der Waals surface area contributed by atoms with E-state index in [0.717, 1.165) is 18.4 Å². The summed E-state index contributed by atoms with van der Waals surface area (Å²) < 4.78 is 10.7. The lowest BCUT2D eigenvalue weighted by Gasteiger charge is -2.18. The Morgan fingerprint density at radius 1 is 1.56 bits per heavy atom. The number of benzene rings is 1. The minimum absolute atomic E-state index is 0.0727. The predicted octanol–water partition coefficient (Wildman–Crippen LogP) is 2.01. The third-order valence-corrected chi connectivity index (χ3v) is 3.42. The van der Waals surface area contributed by atoms with Gasteiger partial charge in [0.25, 0.3) is 0 Å². The molecule has 2 atom stereocenters. The molecule has 0 N–H and O–H groups in total. The van der Waals surface area contributed by atoms with Gasteiger partial charge in [-0.15, -0.1) is 0 Å². The average molecular weight is 218 g/mol. The lowest BCUT2D eigenvalue weighted by Crippen LogP contribution is -2.31. The summed E-state index contributed by atoms with van der Waals surface area (Å²) in [6, 6.07) is 8.16. The fourth-order valence-corrected chi connectivity index (χ4v) is 2.53. The van der Waals surface area contributed by atoms with E-state index >= 15 is 0 Å². The second-order valence-electron chi connectivity index (χ2n) is 4.31. The number of fused-ring (bicyclic) bond motifs is 3. The normalized spacial score (nSPS) is 30.2. The molecule has 84 valence electrons. The molecule has 1 aliphatic carbocycles. The number of carbonyl (C=O) groups is 1. The van der Waals surface area contributed by atoms with Crippen LogP contribution in [0, 0.1) is 0 Å². The molecule has 3 nitrogen and oxygen atoms in total. The zero-order chi connectivity index (χ0) is 11.2. The molecule has 0 bridgehead atoms. The largest absolute Gasteiger partial charge is 0.464 e. The molecule has 1 heterocycles. The molecule has 0 spiro atoms. The summed E-state index contributed by atoms with van der Waals surface area (Å²) in [6.07, 6.45) is 1.57.